The van der Waals surface area contributed by atoms with Crippen LogP contribution < -0.4 is 0 Å². The predicted octanol–water partition coefficient (Wildman–Crippen LogP) is 3.50. The number of aryl methyl sites for hydroxylation is 1. The summed E-state index contributed by atoms with van der Waals surface area (Å²) in [7, 11) is 0. The Morgan fingerprint density at radius 1 is 1.53 bits per heavy atom. The van der Waals surface area contributed by atoms with Crippen molar-refractivity contribution in [3.63, 3.8) is 0 Å². The molecule has 1 aromatic carbocycles. The first kappa shape index (κ1) is 12.1. The Labute approximate surface area is 110 Å². The molecule has 0 atom stereocenters. The minimum absolute atomic E-state index is 0.0980. The van der Waals surface area contributed by atoms with E-state index in [1.807, 2.05) is 0 Å². The minimum atomic E-state index is -0.502. The monoisotopic (exact) mass is 315 g/mol. The van der Waals surface area contributed by atoms with Gasteiger partial charge >= 0.3 is 0 Å². The van der Waals surface area contributed by atoms with Crippen molar-refractivity contribution in [2.24, 2.45) is 0 Å². The number of nitro benzene ring substituents is 1. The fraction of sp³-hybridized carbons (Fsp3) is 0.100. The van der Waals surface area contributed by atoms with Gasteiger partial charge in [-0.2, -0.15) is 5.10 Å². The summed E-state index contributed by atoms with van der Waals surface area (Å²) < 4.78 is 2.43. The molecule has 2 rings (SSSR count). The molecule has 0 aliphatic heterocycles. The van der Waals surface area contributed by atoms with Gasteiger partial charge in [-0.15, -0.1) is 0 Å². The average molecular weight is 317 g/mol. The molecule has 0 aliphatic carbocycles. The fourth-order valence-electron chi connectivity index (χ4n) is 1.48. The van der Waals surface area contributed by atoms with Crippen LogP contribution in [0.3, 0.4) is 0 Å². The number of halogens is 2. The van der Waals surface area contributed by atoms with Crippen molar-refractivity contribution in [3.05, 3.63) is 49.7 Å². The van der Waals surface area contributed by atoms with Gasteiger partial charge in [-0.3, -0.25) is 10.1 Å². The average Bonchev–Trinajstić information content (AvgIpc) is 2.67. The molecule has 88 valence electrons. The molecule has 1 heterocycles. The molecular formula is C10H7BrClN3O2. The van der Waals surface area contributed by atoms with Crippen LogP contribution >= 0.6 is 27.5 Å². The van der Waals surface area contributed by atoms with Gasteiger partial charge in [0.2, 0.25) is 0 Å². The first-order chi connectivity index (χ1) is 7.99. The first-order valence-corrected chi connectivity index (χ1v) is 5.81. The highest BCUT2D eigenvalue weighted by atomic mass is 79.9. The maximum Gasteiger partial charge on any atom is 0.288 e. The third-order valence-corrected chi connectivity index (χ3v) is 2.97. The molecule has 0 radical (unpaired) electrons. The molecule has 17 heavy (non-hydrogen) atoms. The summed E-state index contributed by atoms with van der Waals surface area (Å²) in [6.45, 7) is 1.77. The van der Waals surface area contributed by atoms with Crippen LogP contribution in [-0.2, 0) is 0 Å². The second-order valence-corrected chi connectivity index (χ2v) is 4.77. The molecule has 0 N–H and O–H groups in total. The van der Waals surface area contributed by atoms with Gasteiger partial charge < -0.3 is 0 Å². The minimum Gasteiger partial charge on any atom is -0.258 e. The van der Waals surface area contributed by atoms with Crippen LogP contribution in [0.4, 0.5) is 5.69 Å². The van der Waals surface area contributed by atoms with E-state index in [-0.39, 0.29) is 10.7 Å². The van der Waals surface area contributed by atoms with Gasteiger partial charge in [-0.25, -0.2) is 4.68 Å². The molecule has 0 saturated carbocycles. The van der Waals surface area contributed by atoms with Gasteiger partial charge in [0.15, 0.2) is 0 Å². The lowest BCUT2D eigenvalue weighted by Crippen LogP contribution is -1.99. The van der Waals surface area contributed by atoms with Crippen LogP contribution in [-0.4, -0.2) is 14.7 Å². The summed E-state index contributed by atoms with van der Waals surface area (Å²) in [4.78, 5) is 10.2. The van der Waals surface area contributed by atoms with E-state index in [9.17, 15) is 10.1 Å². The second-order valence-electron chi connectivity index (χ2n) is 3.45. The normalized spacial score (nSPS) is 10.5. The van der Waals surface area contributed by atoms with E-state index in [4.69, 9.17) is 11.6 Å². The Kier molecular flexibility index (Phi) is 3.17. The number of nitrogens with zero attached hydrogens (tertiary/aromatic N) is 3. The molecule has 0 amide bonds. The lowest BCUT2D eigenvalue weighted by atomic mass is 10.2. The fourth-order valence-corrected chi connectivity index (χ4v) is 1.99. The summed E-state index contributed by atoms with van der Waals surface area (Å²) >= 11 is 9.14. The van der Waals surface area contributed by atoms with Crippen molar-refractivity contribution in [2.75, 3.05) is 0 Å². The Morgan fingerprint density at radius 3 is 2.76 bits per heavy atom. The number of nitro groups is 1. The Hall–Kier alpha value is -1.40. The summed E-state index contributed by atoms with van der Waals surface area (Å²) in [5.41, 5.74) is 1.35. The van der Waals surface area contributed by atoms with Crippen LogP contribution in [0.25, 0.3) is 5.69 Å². The number of hydrogen-bond donors (Lipinski definition) is 0. The smallest absolute Gasteiger partial charge is 0.258 e. The van der Waals surface area contributed by atoms with Crippen LogP contribution in [0.5, 0.6) is 0 Å². The zero-order valence-electron chi connectivity index (χ0n) is 8.72. The zero-order chi connectivity index (χ0) is 12.6. The second kappa shape index (κ2) is 4.46. The van der Waals surface area contributed by atoms with E-state index in [1.54, 1.807) is 24.0 Å². The van der Waals surface area contributed by atoms with Gasteiger partial charge in [-0.05, 0) is 34.5 Å². The highest BCUT2D eigenvalue weighted by molar-refractivity contribution is 9.10. The number of benzene rings is 1. The van der Waals surface area contributed by atoms with E-state index >= 15 is 0 Å². The van der Waals surface area contributed by atoms with Crippen molar-refractivity contribution in [1.29, 1.82) is 0 Å². The lowest BCUT2D eigenvalue weighted by molar-refractivity contribution is -0.384. The predicted molar refractivity (Wildman–Crippen MR) is 67.7 cm³/mol. The van der Waals surface area contributed by atoms with Crippen molar-refractivity contribution in [1.82, 2.24) is 9.78 Å². The third-order valence-electron chi connectivity index (χ3n) is 2.26. The zero-order valence-corrected chi connectivity index (χ0v) is 11.1. The third kappa shape index (κ3) is 2.32. The summed E-state index contributed by atoms with van der Waals surface area (Å²) in [5.74, 6) is 0. The SMILES string of the molecule is Cc1cc([N+](=O)[O-])c(Cl)cc1-n1cc(Br)cn1. The molecule has 0 spiro atoms. The molecule has 0 unspecified atom stereocenters. The van der Waals surface area contributed by atoms with Crippen molar-refractivity contribution in [3.8, 4) is 5.69 Å². The van der Waals surface area contributed by atoms with E-state index in [0.29, 0.717) is 5.69 Å². The van der Waals surface area contributed by atoms with Gasteiger partial charge in [-0.1, -0.05) is 11.6 Å². The number of aromatic nitrogens is 2. The van der Waals surface area contributed by atoms with Gasteiger partial charge in [0.25, 0.3) is 5.69 Å². The van der Waals surface area contributed by atoms with Crippen molar-refractivity contribution >= 4 is 33.2 Å². The van der Waals surface area contributed by atoms with E-state index in [0.717, 1.165) is 10.0 Å². The molecule has 1 aromatic heterocycles. The summed E-state index contributed by atoms with van der Waals surface area (Å²) in [6, 6.07) is 2.97. The Bertz CT molecular complexity index is 597. The molecule has 0 bridgehead atoms. The van der Waals surface area contributed by atoms with E-state index in [2.05, 4.69) is 21.0 Å². The molecule has 7 heteroatoms. The number of hydrogen-bond acceptors (Lipinski definition) is 3. The standard InChI is InChI=1S/C10H7BrClN3O2/c1-6-2-10(15(16)17)8(12)3-9(6)14-5-7(11)4-13-14/h2-5H,1H3. The molecule has 0 fully saturated rings. The molecule has 0 saturated heterocycles. The topological polar surface area (TPSA) is 61.0 Å². The van der Waals surface area contributed by atoms with Gasteiger partial charge in [0.1, 0.15) is 5.02 Å². The Morgan fingerprint density at radius 2 is 2.24 bits per heavy atom. The highest BCUT2D eigenvalue weighted by Gasteiger charge is 2.16. The summed E-state index contributed by atoms with van der Waals surface area (Å²) in [6.07, 6.45) is 3.39. The largest absolute Gasteiger partial charge is 0.288 e. The van der Waals surface area contributed by atoms with Gasteiger partial charge in [0.05, 0.1) is 21.3 Å². The maximum atomic E-state index is 10.7. The molecule has 5 nitrogen and oxygen atoms in total. The summed E-state index contributed by atoms with van der Waals surface area (Å²) in [5, 5.41) is 14.9. The molecule has 0 aliphatic rings. The molecule has 2 aromatic rings. The van der Waals surface area contributed by atoms with Crippen LogP contribution in [0.2, 0.25) is 5.02 Å². The van der Waals surface area contributed by atoms with E-state index in [1.165, 1.54) is 12.1 Å². The van der Waals surface area contributed by atoms with Crippen LogP contribution in [0.1, 0.15) is 5.56 Å². The first-order valence-electron chi connectivity index (χ1n) is 4.64. The number of rotatable bonds is 2. The van der Waals surface area contributed by atoms with Crippen LogP contribution in [0, 0.1) is 17.0 Å². The van der Waals surface area contributed by atoms with Gasteiger partial charge in [0, 0.05) is 12.3 Å². The highest BCUT2D eigenvalue weighted by Crippen LogP contribution is 2.29. The van der Waals surface area contributed by atoms with Crippen molar-refractivity contribution in [2.45, 2.75) is 6.92 Å². The quantitative estimate of drug-likeness (QED) is 0.629. The van der Waals surface area contributed by atoms with Crippen LogP contribution in [0.15, 0.2) is 29.0 Å². The van der Waals surface area contributed by atoms with Crippen molar-refractivity contribution < 1.29 is 4.92 Å². The molecular weight excluding hydrogens is 309 g/mol. The lowest BCUT2D eigenvalue weighted by Gasteiger charge is -2.06. The maximum absolute atomic E-state index is 10.7. The van der Waals surface area contributed by atoms with E-state index < -0.39 is 4.92 Å². The Balaban J connectivity index is 2.57.